The molecule has 112 valence electrons. The van der Waals surface area contributed by atoms with Crippen LogP contribution in [-0.4, -0.2) is 17.8 Å². The van der Waals surface area contributed by atoms with Crippen molar-refractivity contribution in [3.8, 4) is 0 Å². The molecule has 0 bridgehead atoms. The van der Waals surface area contributed by atoms with E-state index in [2.05, 4.69) is 21.2 Å². The minimum Gasteiger partial charge on any atom is -0.350 e. The number of alkyl halides is 4. The first-order valence-electron chi connectivity index (χ1n) is 5.99. The summed E-state index contributed by atoms with van der Waals surface area (Å²) in [5.41, 5.74) is -1.33. The molecule has 20 heavy (non-hydrogen) atoms. The molecule has 0 spiro atoms. The number of carbonyl (C=O) groups excluding carboxylic acids is 1. The monoisotopic (exact) mass is 371 g/mol. The number of halogens is 5. The van der Waals surface area contributed by atoms with Crippen molar-refractivity contribution >= 4 is 33.4 Å². The van der Waals surface area contributed by atoms with E-state index in [1.807, 2.05) is 0 Å². The summed E-state index contributed by atoms with van der Waals surface area (Å²) in [5.74, 6) is -0.279. The van der Waals surface area contributed by atoms with E-state index in [4.69, 9.17) is 11.6 Å². The van der Waals surface area contributed by atoms with Crippen LogP contribution in [0, 0.1) is 0 Å². The Labute approximate surface area is 128 Å². The molecule has 0 heterocycles. The maximum absolute atomic E-state index is 12.9. The fourth-order valence-electron chi connectivity index (χ4n) is 1.71. The van der Waals surface area contributed by atoms with Gasteiger partial charge in [0.15, 0.2) is 0 Å². The fourth-order valence-corrected chi connectivity index (χ4v) is 2.22. The van der Waals surface area contributed by atoms with E-state index in [0.29, 0.717) is 18.7 Å². The van der Waals surface area contributed by atoms with Crippen LogP contribution in [0.25, 0.3) is 0 Å². The van der Waals surface area contributed by atoms with E-state index in [9.17, 15) is 18.0 Å². The topological polar surface area (TPSA) is 29.1 Å². The summed E-state index contributed by atoms with van der Waals surface area (Å²) in [5, 5.41) is 2.55. The highest BCUT2D eigenvalue weighted by Crippen LogP contribution is 2.33. The summed E-state index contributed by atoms with van der Waals surface area (Å²) in [6, 6.07) is 3.24. The fraction of sp³-hybridized carbons (Fsp3) is 0.462. The average Bonchev–Trinajstić information content (AvgIpc) is 2.35. The van der Waals surface area contributed by atoms with Crippen LogP contribution in [0.2, 0.25) is 0 Å². The third-order valence-corrected chi connectivity index (χ3v) is 3.44. The minimum absolute atomic E-state index is 0.231. The Kier molecular flexibility index (Phi) is 6.33. The minimum atomic E-state index is -4.57. The number of hydrogen-bond donors (Lipinski definition) is 1. The molecule has 1 atom stereocenters. The van der Waals surface area contributed by atoms with Gasteiger partial charge < -0.3 is 5.32 Å². The van der Waals surface area contributed by atoms with Crippen LogP contribution < -0.4 is 5.32 Å². The maximum atomic E-state index is 12.9. The quantitative estimate of drug-likeness (QED) is 0.752. The highest BCUT2D eigenvalue weighted by atomic mass is 79.9. The molecule has 0 fully saturated rings. The molecule has 1 rings (SSSR count). The van der Waals surface area contributed by atoms with Gasteiger partial charge in [-0.3, -0.25) is 4.79 Å². The predicted octanol–water partition coefficient (Wildman–Crippen LogP) is 4.61. The molecule has 0 aliphatic heterocycles. The average molecular weight is 373 g/mol. The molecule has 2 nitrogen and oxygen atoms in total. The summed E-state index contributed by atoms with van der Waals surface area (Å²) in [4.78, 5) is 11.9. The molecule has 0 saturated carbocycles. The van der Waals surface area contributed by atoms with E-state index >= 15 is 0 Å². The standard InChI is InChI=1S/C13H14BrClF3NO/c1-8(3-2-6-15)19-12(20)10-5-4-9(14)7-11(10)13(16,17)18/h4-5,7-8H,2-3,6H2,1H3,(H,19,20). The zero-order chi connectivity index (χ0) is 15.3. The van der Waals surface area contributed by atoms with Gasteiger partial charge in [-0.05, 0) is 38.0 Å². The smallest absolute Gasteiger partial charge is 0.350 e. The van der Waals surface area contributed by atoms with Crippen molar-refractivity contribution in [2.24, 2.45) is 0 Å². The Bertz CT molecular complexity index is 479. The van der Waals surface area contributed by atoms with Crippen LogP contribution in [0.15, 0.2) is 22.7 Å². The van der Waals surface area contributed by atoms with Gasteiger partial charge in [0.1, 0.15) is 0 Å². The molecule has 1 aromatic carbocycles. The van der Waals surface area contributed by atoms with Crippen LogP contribution in [0.3, 0.4) is 0 Å². The van der Waals surface area contributed by atoms with Crippen LogP contribution in [0.1, 0.15) is 35.7 Å². The van der Waals surface area contributed by atoms with Crippen LogP contribution in [0.5, 0.6) is 0 Å². The number of amides is 1. The van der Waals surface area contributed by atoms with Crippen molar-refractivity contribution in [2.75, 3.05) is 5.88 Å². The van der Waals surface area contributed by atoms with E-state index in [-0.39, 0.29) is 16.1 Å². The largest absolute Gasteiger partial charge is 0.417 e. The molecule has 1 N–H and O–H groups in total. The van der Waals surface area contributed by atoms with Gasteiger partial charge in [-0.2, -0.15) is 13.2 Å². The van der Waals surface area contributed by atoms with Gasteiger partial charge in [-0.25, -0.2) is 0 Å². The lowest BCUT2D eigenvalue weighted by molar-refractivity contribution is -0.138. The van der Waals surface area contributed by atoms with E-state index in [1.54, 1.807) is 6.92 Å². The first-order valence-corrected chi connectivity index (χ1v) is 7.32. The molecule has 1 aromatic rings. The molecule has 0 aliphatic carbocycles. The van der Waals surface area contributed by atoms with Crippen LogP contribution in [-0.2, 0) is 6.18 Å². The molecule has 0 radical (unpaired) electrons. The van der Waals surface area contributed by atoms with Crippen molar-refractivity contribution in [2.45, 2.75) is 32.0 Å². The molecule has 7 heteroatoms. The molecular weight excluding hydrogens is 358 g/mol. The summed E-state index contributed by atoms with van der Waals surface area (Å²) in [6.07, 6.45) is -3.27. The summed E-state index contributed by atoms with van der Waals surface area (Å²) in [7, 11) is 0. The third-order valence-electron chi connectivity index (χ3n) is 2.68. The second-order valence-corrected chi connectivity index (χ2v) is 5.69. The maximum Gasteiger partial charge on any atom is 0.417 e. The van der Waals surface area contributed by atoms with Gasteiger partial charge in [0.25, 0.3) is 5.91 Å². The molecular formula is C13H14BrClF3NO. The van der Waals surface area contributed by atoms with Gasteiger partial charge in [-0.1, -0.05) is 15.9 Å². The van der Waals surface area contributed by atoms with E-state index < -0.39 is 17.6 Å². The molecule has 0 aromatic heterocycles. The number of carbonyl (C=O) groups is 1. The molecule has 1 unspecified atom stereocenters. The molecule has 1 amide bonds. The van der Waals surface area contributed by atoms with Crippen LogP contribution in [0.4, 0.5) is 13.2 Å². The second-order valence-electron chi connectivity index (χ2n) is 4.39. The van der Waals surface area contributed by atoms with Crippen molar-refractivity contribution in [3.05, 3.63) is 33.8 Å². The van der Waals surface area contributed by atoms with Crippen molar-refractivity contribution < 1.29 is 18.0 Å². The summed E-state index contributed by atoms with van der Waals surface area (Å²) >= 11 is 8.51. The van der Waals surface area contributed by atoms with Gasteiger partial charge in [0, 0.05) is 16.4 Å². The highest BCUT2D eigenvalue weighted by Gasteiger charge is 2.35. The Balaban J connectivity index is 2.93. The second kappa shape index (κ2) is 7.31. The number of hydrogen-bond acceptors (Lipinski definition) is 1. The lowest BCUT2D eigenvalue weighted by atomic mass is 10.1. The van der Waals surface area contributed by atoms with Gasteiger partial charge in [0.05, 0.1) is 11.1 Å². The Morgan fingerprint density at radius 1 is 1.45 bits per heavy atom. The zero-order valence-electron chi connectivity index (χ0n) is 10.7. The number of benzene rings is 1. The highest BCUT2D eigenvalue weighted by molar-refractivity contribution is 9.10. The predicted molar refractivity (Wildman–Crippen MR) is 76.0 cm³/mol. The number of rotatable bonds is 5. The normalized spacial score (nSPS) is 13.1. The summed E-state index contributed by atoms with van der Waals surface area (Å²) in [6.45, 7) is 1.73. The van der Waals surface area contributed by atoms with E-state index in [1.165, 1.54) is 6.07 Å². The summed E-state index contributed by atoms with van der Waals surface area (Å²) < 4.78 is 39.0. The Morgan fingerprint density at radius 3 is 2.65 bits per heavy atom. The number of nitrogens with one attached hydrogen (secondary N) is 1. The molecule has 0 saturated heterocycles. The van der Waals surface area contributed by atoms with Crippen molar-refractivity contribution in [1.29, 1.82) is 0 Å². The lowest BCUT2D eigenvalue weighted by Crippen LogP contribution is -2.34. The van der Waals surface area contributed by atoms with E-state index in [0.717, 1.165) is 12.1 Å². The van der Waals surface area contributed by atoms with Crippen LogP contribution >= 0.6 is 27.5 Å². The first-order chi connectivity index (χ1) is 9.25. The Morgan fingerprint density at radius 2 is 2.10 bits per heavy atom. The van der Waals surface area contributed by atoms with Crippen molar-refractivity contribution in [1.82, 2.24) is 5.32 Å². The zero-order valence-corrected chi connectivity index (χ0v) is 13.1. The Hall–Kier alpha value is -0.750. The third kappa shape index (κ3) is 4.98. The first kappa shape index (κ1) is 17.3. The van der Waals surface area contributed by atoms with Gasteiger partial charge in [0.2, 0.25) is 0 Å². The van der Waals surface area contributed by atoms with Gasteiger partial charge in [-0.15, -0.1) is 11.6 Å². The van der Waals surface area contributed by atoms with Gasteiger partial charge >= 0.3 is 6.18 Å². The van der Waals surface area contributed by atoms with Crippen molar-refractivity contribution in [3.63, 3.8) is 0 Å². The SMILES string of the molecule is CC(CCCCl)NC(=O)c1ccc(Br)cc1C(F)(F)F. The lowest BCUT2D eigenvalue weighted by Gasteiger charge is -2.16. The molecule has 0 aliphatic rings.